The summed E-state index contributed by atoms with van der Waals surface area (Å²) < 4.78 is 0. The number of rotatable bonds is 5. The number of benzene rings is 1. The molecule has 4 nitrogen and oxygen atoms in total. The van der Waals surface area contributed by atoms with Crippen molar-refractivity contribution in [2.24, 2.45) is 0 Å². The van der Waals surface area contributed by atoms with Gasteiger partial charge in [0.25, 0.3) is 0 Å². The number of nitrogens with one attached hydrogen (secondary N) is 2. The minimum atomic E-state index is -0.363. The van der Waals surface area contributed by atoms with Crippen LogP contribution in [-0.2, 0) is 16.1 Å². The monoisotopic (exact) mass is 292 g/mol. The molecule has 2 amide bonds. The third-order valence-corrected chi connectivity index (χ3v) is 4.09. The molecular weight excluding hydrogens is 272 g/mol. The van der Waals surface area contributed by atoms with Crippen molar-refractivity contribution >= 4 is 23.6 Å². The van der Waals surface area contributed by atoms with E-state index in [2.05, 4.69) is 36.6 Å². The van der Waals surface area contributed by atoms with Crippen molar-refractivity contribution in [3.05, 3.63) is 29.8 Å². The van der Waals surface area contributed by atoms with Gasteiger partial charge < -0.3 is 10.6 Å². The van der Waals surface area contributed by atoms with Gasteiger partial charge in [-0.05, 0) is 24.1 Å². The molecule has 5 heteroatoms. The predicted octanol–water partition coefficient (Wildman–Crippen LogP) is 2.08. The fourth-order valence-corrected chi connectivity index (χ4v) is 2.92. The largest absolute Gasteiger partial charge is 0.350 e. The van der Waals surface area contributed by atoms with Gasteiger partial charge in [0.2, 0.25) is 11.8 Å². The first-order valence-electron chi connectivity index (χ1n) is 6.87. The van der Waals surface area contributed by atoms with Gasteiger partial charge in [-0.1, -0.05) is 26.0 Å². The Bertz CT molecular complexity index is 485. The van der Waals surface area contributed by atoms with Gasteiger partial charge in [-0.3, -0.25) is 9.59 Å². The average molecular weight is 292 g/mol. The van der Waals surface area contributed by atoms with Crippen molar-refractivity contribution in [1.82, 2.24) is 10.6 Å². The lowest BCUT2D eigenvalue weighted by Crippen LogP contribution is -2.41. The van der Waals surface area contributed by atoms with Crippen LogP contribution < -0.4 is 10.6 Å². The van der Waals surface area contributed by atoms with Crippen molar-refractivity contribution in [3.63, 3.8) is 0 Å². The van der Waals surface area contributed by atoms with Crippen LogP contribution in [0.4, 0.5) is 0 Å². The molecule has 2 N–H and O–H groups in total. The molecule has 1 heterocycles. The zero-order chi connectivity index (χ0) is 14.5. The van der Waals surface area contributed by atoms with Crippen LogP contribution in [-0.4, -0.2) is 23.1 Å². The zero-order valence-electron chi connectivity index (χ0n) is 11.8. The van der Waals surface area contributed by atoms with E-state index in [-0.39, 0.29) is 17.9 Å². The van der Waals surface area contributed by atoms with Gasteiger partial charge in [0.1, 0.15) is 6.04 Å². The molecule has 0 spiro atoms. The van der Waals surface area contributed by atoms with Crippen LogP contribution >= 0.6 is 11.8 Å². The van der Waals surface area contributed by atoms with E-state index in [1.807, 2.05) is 23.9 Å². The molecule has 0 aliphatic carbocycles. The zero-order valence-corrected chi connectivity index (χ0v) is 12.6. The molecule has 108 valence electrons. The number of carbonyl (C=O) groups excluding carboxylic acids is 2. The smallest absolute Gasteiger partial charge is 0.242 e. The Kier molecular flexibility index (Phi) is 5.06. The second kappa shape index (κ2) is 6.79. The highest BCUT2D eigenvalue weighted by Gasteiger charge is 2.26. The predicted molar refractivity (Wildman–Crippen MR) is 80.4 cm³/mol. The molecule has 1 aliphatic rings. The number of amides is 2. The van der Waals surface area contributed by atoms with E-state index < -0.39 is 0 Å². The van der Waals surface area contributed by atoms with Crippen LogP contribution in [0.15, 0.2) is 29.2 Å². The van der Waals surface area contributed by atoms with E-state index >= 15 is 0 Å². The molecule has 20 heavy (non-hydrogen) atoms. The highest BCUT2D eigenvalue weighted by Crippen LogP contribution is 2.22. The highest BCUT2D eigenvalue weighted by atomic mass is 32.2. The fraction of sp³-hybridized carbons (Fsp3) is 0.467. The molecule has 2 rings (SSSR count). The van der Waals surface area contributed by atoms with Crippen LogP contribution in [0.25, 0.3) is 0 Å². The fourth-order valence-electron chi connectivity index (χ4n) is 2.08. The van der Waals surface area contributed by atoms with E-state index in [4.69, 9.17) is 0 Å². The molecule has 1 atom stereocenters. The minimum absolute atomic E-state index is 0.0415. The number of hydrogen-bond donors (Lipinski definition) is 2. The lowest BCUT2D eigenvalue weighted by Gasteiger charge is -2.11. The molecule has 0 saturated carbocycles. The Hall–Kier alpha value is -1.49. The number of carbonyl (C=O) groups is 2. The molecule has 0 radical (unpaired) electrons. The number of thioether (sulfide) groups is 1. The summed E-state index contributed by atoms with van der Waals surface area (Å²) in [6.07, 6.45) is 1.04. The van der Waals surface area contributed by atoms with E-state index in [0.29, 0.717) is 24.6 Å². The van der Waals surface area contributed by atoms with E-state index in [1.54, 1.807) is 0 Å². The van der Waals surface area contributed by atoms with Gasteiger partial charge in [-0.15, -0.1) is 11.8 Å². The van der Waals surface area contributed by atoms with Crippen LogP contribution in [0.5, 0.6) is 0 Å². The van der Waals surface area contributed by atoms with E-state index in [1.165, 1.54) is 4.90 Å². The van der Waals surface area contributed by atoms with Crippen molar-refractivity contribution in [2.45, 2.75) is 49.4 Å². The molecule has 0 bridgehead atoms. The highest BCUT2D eigenvalue weighted by molar-refractivity contribution is 7.99. The topological polar surface area (TPSA) is 58.2 Å². The Morgan fingerprint density at radius 3 is 2.65 bits per heavy atom. The lowest BCUT2D eigenvalue weighted by atomic mass is 10.2. The van der Waals surface area contributed by atoms with Crippen LogP contribution in [0, 0.1) is 0 Å². The molecule has 1 aromatic rings. The summed E-state index contributed by atoms with van der Waals surface area (Å²) in [5.41, 5.74) is 1.07. The Labute approximate surface area is 123 Å². The minimum Gasteiger partial charge on any atom is -0.350 e. The first kappa shape index (κ1) is 14.9. The summed E-state index contributed by atoms with van der Waals surface area (Å²) in [5.74, 6) is -0.142. The van der Waals surface area contributed by atoms with Crippen molar-refractivity contribution in [1.29, 1.82) is 0 Å². The maximum atomic E-state index is 11.8. The van der Waals surface area contributed by atoms with Crippen molar-refractivity contribution in [2.75, 3.05) is 0 Å². The molecule has 1 unspecified atom stereocenters. The van der Waals surface area contributed by atoms with Gasteiger partial charge in [-0.25, -0.2) is 0 Å². The summed E-state index contributed by atoms with van der Waals surface area (Å²) in [6, 6.07) is 7.84. The number of hydrogen-bond acceptors (Lipinski definition) is 3. The van der Waals surface area contributed by atoms with Crippen LogP contribution in [0.1, 0.15) is 32.3 Å². The third-order valence-electron chi connectivity index (χ3n) is 3.07. The first-order chi connectivity index (χ1) is 9.54. The maximum Gasteiger partial charge on any atom is 0.242 e. The van der Waals surface area contributed by atoms with Gasteiger partial charge in [-0.2, -0.15) is 0 Å². The Balaban J connectivity index is 1.81. The molecule has 0 aromatic heterocycles. The molecule has 1 saturated heterocycles. The van der Waals surface area contributed by atoms with Crippen molar-refractivity contribution < 1.29 is 9.59 Å². The second-order valence-electron chi connectivity index (χ2n) is 5.19. The summed E-state index contributed by atoms with van der Waals surface area (Å²) in [4.78, 5) is 24.1. The lowest BCUT2D eigenvalue weighted by molar-refractivity contribution is -0.125. The van der Waals surface area contributed by atoms with Gasteiger partial charge in [0.15, 0.2) is 0 Å². The summed E-state index contributed by atoms with van der Waals surface area (Å²) in [7, 11) is 0. The van der Waals surface area contributed by atoms with Gasteiger partial charge >= 0.3 is 0 Å². The van der Waals surface area contributed by atoms with Gasteiger partial charge in [0, 0.05) is 23.1 Å². The van der Waals surface area contributed by atoms with Crippen molar-refractivity contribution in [3.8, 4) is 0 Å². The SMILES string of the molecule is CC(C)Sc1ccc(CNC(=O)C2CCC(=O)N2)cc1. The maximum absolute atomic E-state index is 11.8. The quantitative estimate of drug-likeness (QED) is 0.817. The third kappa shape index (κ3) is 4.27. The first-order valence-corrected chi connectivity index (χ1v) is 7.75. The average Bonchev–Trinajstić information content (AvgIpc) is 2.84. The van der Waals surface area contributed by atoms with E-state index in [9.17, 15) is 9.59 Å². The summed E-state index contributed by atoms with van der Waals surface area (Å²) in [6.45, 7) is 4.82. The summed E-state index contributed by atoms with van der Waals surface area (Å²) >= 11 is 1.82. The molecule has 1 fully saturated rings. The summed E-state index contributed by atoms with van der Waals surface area (Å²) in [5, 5.41) is 6.09. The normalized spacial score (nSPS) is 18.1. The Morgan fingerprint density at radius 1 is 1.40 bits per heavy atom. The van der Waals surface area contributed by atoms with Crippen LogP contribution in [0.3, 0.4) is 0 Å². The molecule has 1 aromatic carbocycles. The Morgan fingerprint density at radius 2 is 2.10 bits per heavy atom. The standard InChI is InChI=1S/C15H20N2O2S/c1-10(2)20-12-5-3-11(4-6-12)9-16-15(19)13-7-8-14(18)17-13/h3-6,10,13H,7-9H2,1-2H3,(H,16,19)(H,17,18). The molecular formula is C15H20N2O2S. The van der Waals surface area contributed by atoms with E-state index in [0.717, 1.165) is 5.56 Å². The molecule has 1 aliphatic heterocycles. The van der Waals surface area contributed by atoms with Crippen LogP contribution in [0.2, 0.25) is 0 Å². The second-order valence-corrected chi connectivity index (χ2v) is 6.84. The van der Waals surface area contributed by atoms with Gasteiger partial charge in [0.05, 0.1) is 0 Å².